The average molecular weight is 437 g/mol. The van der Waals surface area contributed by atoms with Crippen molar-refractivity contribution in [2.24, 2.45) is 0 Å². The molecule has 7 heteroatoms. The molecule has 3 aromatic carbocycles. The number of amides is 1. The molecule has 3 rings (SSSR count). The molecule has 1 amide bonds. The summed E-state index contributed by atoms with van der Waals surface area (Å²) in [5.41, 5.74) is 1.18. The molecule has 0 aliphatic rings. The summed E-state index contributed by atoms with van der Waals surface area (Å²) in [6, 6.07) is 23.7. The zero-order chi connectivity index (χ0) is 21.9. The lowest BCUT2D eigenvalue weighted by atomic mass is 10.2. The molecule has 0 saturated carbocycles. The number of benzene rings is 3. The Hall–Kier alpha value is -3.42. The van der Waals surface area contributed by atoms with E-state index < -0.39 is 0 Å². The molecule has 0 aromatic heterocycles. The van der Waals surface area contributed by atoms with Crippen LogP contribution in [-0.2, 0) is 4.74 Å². The maximum Gasteiger partial charge on any atom is 0.257 e. The third kappa shape index (κ3) is 7.40. The summed E-state index contributed by atoms with van der Waals surface area (Å²) < 4.78 is 16.6. The van der Waals surface area contributed by atoms with E-state index in [1.54, 1.807) is 24.3 Å². The summed E-state index contributed by atoms with van der Waals surface area (Å²) in [6.45, 7) is 3.48. The molecule has 31 heavy (non-hydrogen) atoms. The third-order valence-corrected chi connectivity index (χ3v) is 4.32. The van der Waals surface area contributed by atoms with Crippen molar-refractivity contribution in [3.63, 3.8) is 0 Å². The van der Waals surface area contributed by atoms with Crippen LogP contribution < -0.4 is 20.1 Å². The van der Waals surface area contributed by atoms with Crippen LogP contribution in [0.3, 0.4) is 0 Å². The summed E-state index contributed by atoms with van der Waals surface area (Å²) in [4.78, 5) is 12.5. The molecule has 6 nitrogen and oxygen atoms in total. The van der Waals surface area contributed by atoms with E-state index in [0.717, 1.165) is 11.4 Å². The fourth-order valence-electron chi connectivity index (χ4n) is 2.66. The number of ether oxygens (including phenoxy) is 3. The molecule has 0 fully saturated rings. The van der Waals surface area contributed by atoms with Crippen molar-refractivity contribution in [3.8, 4) is 17.2 Å². The van der Waals surface area contributed by atoms with Gasteiger partial charge in [-0.1, -0.05) is 24.3 Å². The van der Waals surface area contributed by atoms with Gasteiger partial charge in [0.05, 0.1) is 6.61 Å². The molecule has 0 unspecified atom stereocenters. The Balaban J connectivity index is 1.50. The van der Waals surface area contributed by atoms with Crippen LogP contribution >= 0.6 is 12.2 Å². The number of carbonyl (C=O) groups is 1. The summed E-state index contributed by atoms with van der Waals surface area (Å²) in [5, 5.41) is 5.86. The van der Waals surface area contributed by atoms with E-state index >= 15 is 0 Å². The Bertz CT molecular complexity index is 994. The van der Waals surface area contributed by atoms with Crippen LogP contribution in [0.5, 0.6) is 17.2 Å². The van der Waals surface area contributed by atoms with Crippen molar-refractivity contribution in [1.82, 2.24) is 5.32 Å². The average Bonchev–Trinajstić information content (AvgIpc) is 2.79. The van der Waals surface area contributed by atoms with Crippen LogP contribution in [0.25, 0.3) is 0 Å². The molecule has 0 aliphatic heterocycles. The highest BCUT2D eigenvalue weighted by Crippen LogP contribution is 2.22. The fourth-order valence-corrected chi connectivity index (χ4v) is 2.87. The minimum atomic E-state index is -0.322. The molecule has 3 aromatic rings. The highest BCUT2D eigenvalue weighted by atomic mass is 32.1. The van der Waals surface area contributed by atoms with Gasteiger partial charge in [-0.15, -0.1) is 0 Å². The Labute approximate surface area is 187 Å². The minimum Gasteiger partial charge on any atom is -0.491 e. The molecule has 0 saturated heterocycles. The first-order chi connectivity index (χ1) is 15.1. The number of para-hydroxylation sites is 1. The number of carbonyl (C=O) groups excluding carboxylic acids is 1. The molecule has 0 bridgehead atoms. The third-order valence-electron chi connectivity index (χ3n) is 4.11. The van der Waals surface area contributed by atoms with Gasteiger partial charge in [0, 0.05) is 17.9 Å². The van der Waals surface area contributed by atoms with E-state index in [0.29, 0.717) is 36.9 Å². The molecule has 0 atom stereocenters. The first kappa shape index (κ1) is 22.3. The second-order valence-electron chi connectivity index (χ2n) is 6.42. The number of hydrogen-bond acceptors (Lipinski definition) is 5. The van der Waals surface area contributed by atoms with E-state index in [9.17, 15) is 4.79 Å². The molecular formula is C24H24N2O4S. The van der Waals surface area contributed by atoms with E-state index in [1.807, 2.05) is 61.5 Å². The van der Waals surface area contributed by atoms with Crippen molar-refractivity contribution >= 4 is 28.9 Å². The molecule has 0 spiro atoms. The van der Waals surface area contributed by atoms with Crippen LogP contribution in [-0.4, -0.2) is 30.8 Å². The van der Waals surface area contributed by atoms with Crippen LogP contribution in [0.2, 0.25) is 0 Å². The zero-order valence-electron chi connectivity index (χ0n) is 17.2. The van der Waals surface area contributed by atoms with Gasteiger partial charge >= 0.3 is 0 Å². The zero-order valence-corrected chi connectivity index (χ0v) is 18.0. The Kier molecular flexibility index (Phi) is 8.39. The van der Waals surface area contributed by atoms with E-state index in [-0.39, 0.29) is 11.0 Å². The Morgan fingerprint density at radius 1 is 0.871 bits per heavy atom. The molecule has 0 radical (unpaired) electrons. The summed E-state index contributed by atoms with van der Waals surface area (Å²) in [7, 11) is 0. The molecule has 160 valence electrons. The van der Waals surface area contributed by atoms with Gasteiger partial charge in [0.1, 0.15) is 23.9 Å². The molecule has 0 aliphatic carbocycles. The maximum absolute atomic E-state index is 12.5. The number of hydrogen-bond donors (Lipinski definition) is 2. The largest absolute Gasteiger partial charge is 0.491 e. The lowest BCUT2D eigenvalue weighted by Crippen LogP contribution is -2.34. The number of nitrogens with one attached hydrogen (secondary N) is 2. The standard InChI is InChI=1S/C24H24N2O4S/c1-2-28-15-16-29-22-10-6-7-18(17-22)23(27)26-24(31)25-19-11-13-21(14-12-19)30-20-8-4-3-5-9-20/h3-14,17H,2,15-16H2,1H3,(H2,25,26,27,31). The van der Waals surface area contributed by atoms with Crippen molar-refractivity contribution in [3.05, 3.63) is 84.4 Å². The smallest absolute Gasteiger partial charge is 0.257 e. The quantitative estimate of drug-likeness (QED) is 0.363. The minimum absolute atomic E-state index is 0.199. The SMILES string of the molecule is CCOCCOc1cccc(C(=O)NC(=S)Nc2ccc(Oc3ccccc3)cc2)c1. The first-order valence-corrected chi connectivity index (χ1v) is 10.3. The fraction of sp³-hybridized carbons (Fsp3) is 0.167. The summed E-state index contributed by atoms with van der Waals surface area (Å²) in [6.07, 6.45) is 0. The van der Waals surface area contributed by atoms with Crippen LogP contribution in [0.1, 0.15) is 17.3 Å². The lowest BCUT2D eigenvalue weighted by molar-refractivity contribution is 0.0976. The van der Waals surface area contributed by atoms with Gasteiger partial charge in [0.2, 0.25) is 0 Å². The van der Waals surface area contributed by atoms with Gasteiger partial charge in [-0.05, 0) is 73.7 Å². The highest BCUT2D eigenvalue weighted by Gasteiger charge is 2.09. The number of thiocarbonyl (C=S) groups is 1. The highest BCUT2D eigenvalue weighted by molar-refractivity contribution is 7.80. The molecule has 0 heterocycles. The van der Waals surface area contributed by atoms with Crippen molar-refractivity contribution in [2.75, 3.05) is 25.1 Å². The second kappa shape index (κ2) is 11.7. The van der Waals surface area contributed by atoms with E-state index in [2.05, 4.69) is 10.6 Å². The van der Waals surface area contributed by atoms with E-state index in [4.69, 9.17) is 26.4 Å². The van der Waals surface area contributed by atoms with E-state index in [1.165, 1.54) is 0 Å². The van der Waals surface area contributed by atoms with Gasteiger partial charge in [-0.3, -0.25) is 10.1 Å². The first-order valence-electron chi connectivity index (χ1n) is 9.90. The van der Waals surface area contributed by atoms with Crippen LogP contribution in [0.4, 0.5) is 5.69 Å². The van der Waals surface area contributed by atoms with Gasteiger partial charge in [-0.25, -0.2) is 0 Å². The Morgan fingerprint density at radius 2 is 1.58 bits per heavy atom. The van der Waals surface area contributed by atoms with Crippen molar-refractivity contribution in [1.29, 1.82) is 0 Å². The van der Waals surface area contributed by atoms with Gasteiger partial charge in [-0.2, -0.15) is 0 Å². The predicted molar refractivity (Wildman–Crippen MR) is 125 cm³/mol. The van der Waals surface area contributed by atoms with Gasteiger partial charge < -0.3 is 19.5 Å². The second-order valence-corrected chi connectivity index (χ2v) is 6.83. The topological polar surface area (TPSA) is 68.8 Å². The van der Waals surface area contributed by atoms with Crippen molar-refractivity contribution in [2.45, 2.75) is 6.92 Å². The number of rotatable bonds is 9. The lowest BCUT2D eigenvalue weighted by Gasteiger charge is -2.11. The number of anilines is 1. The molecule has 2 N–H and O–H groups in total. The maximum atomic E-state index is 12.5. The van der Waals surface area contributed by atoms with Crippen molar-refractivity contribution < 1.29 is 19.0 Å². The Morgan fingerprint density at radius 3 is 2.32 bits per heavy atom. The van der Waals surface area contributed by atoms with Crippen LogP contribution in [0, 0.1) is 0 Å². The van der Waals surface area contributed by atoms with Gasteiger partial charge in [0.15, 0.2) is 5.11 Å². The molecular weight excluding hydrogens is 412 g/mol. The van der Waals surface area contributed by atoms with Gasteiger partial charge in [0.25, 0.3) is 5.91 Å². The normalized spacial score (nSPS) is 10.2. The summed E-state index contributed by atoms with van der Waals surface area (Å²) >= 11 is 5.26. The summed E-state index contributed by atoms with van der Waals surface area (Å²) in [5.74, 6) is 1.74. The monoisotopic (exact) mass is 436 g/mol. The van der Waals surface area contributed by atoms with Crippen LogP contribution in [0.15, 0.2) is 78.9 Å². The predicted octanol–water partition coefficient (Wildman–Crippen LogP) is 5.02.